The standard InChI is InChI=1S/C18H30O3/c1-13(19)21-12-8-15-17(4)10-6-9-16(2,3)14(17)7-11-18(15,5)20/h7,11,14-15,20H,6,8-10,12H2,1-5H3/t14-,15-,17+,18+/m1/s1. The largest absolute Gasteiger partial charge is 0.466 e. The van der Waals surface area contributed by atoms with Crippen molar-refractivity contribution >= 4 is 5.97 Å². The second-order valence-electron chi connectivity index (χ2n) is 8.09. The van der Waals surface area contributed by atoms with Gasteiger partial charge in [-0.05, 0) is 42.9 Å². The Labute approximate surface area is 128 Å². The zero-order chi connectivity index (χ0) is 15.9. The third-order valence-electron chi connectivity index (χ3n) is 5.93. The predicted octanol–water partition coefficient (Wildman–Crippen LogP) is 3.71. The molecule has 1 fully saturated rings. The third-order valence-corrected chi connectivity index (χ3v) is 5.93. The quantitative estimate of drug-likeness (QED) is 0.637. The number of ether oxygens (including phenoxy) is 1. The summed E-state index contributed by atoms with van der Waals surface area (Å²) in [6.45, 7) is 10.7. The van der Waals surface area contributed by atoms with Crippen molar-refractivity contribution in [2.24, 2.45) is 22.7 Å². The van der Waals surface area contributed by atoms with Crippen LogP contribution in [-0.4, -0.2) is 23.3 Å². The highest BCUT2D eigenvalue weighted by Crippen LogP contribution is 2.60. The number of rotatable bonds is 3. The lowest BCUT2D eigenvalue weighted by Gasteiger charge is -2.58. The topological polar surface area (TPSA) is 46.5 Å². The van der Waals surface area contributed by atoms with Crippen LogP contribution in [0.1, 0.15) is 60.3 Å². The van der Waals surface area contributed by atoms with Gasteiger partial charge in [-0.25, -0.2) is 0 Å². The van der Waals surface area contributed by atoms with Gasteiger partial charge in [-0.15, -0.1) is 0 Å². The summed E-state index contributed by atoms with van der Waals surface area (Å²) in [4.78, 5) is 11.0. The maximum atomic E-state index is 11.0. The zero-order valence-corrected chi connectivity index (χ0v) is 14.1. The second kappa shape index (κ2) is 5.42. The van der Waals surface area contributed by atoms with E-state index in [1.54, 1.807) is 0 Å². The van der Waals surface area contributed by atoms with Crippen molar-refractivity contribution in [2.45, 2.75) is 65.9 Å². The first kappa shape index (κ1) is 16.5. The number of esters is 1. The summed E-state index contributed by atoms with van der Waals surface area (Å²) in [6, 6.07) is 0. The highest BCUT2D eigenvalue weighted by Gasteiger charge is 2.55. The van der Waals surface area contributed by atoms with Crippen LogP contribution in [-0.2, 0) is 9.53 Å². The van der Waals surface area contributed by atoms with Gasteiger partial charge in [-0.1, -0.05) is 39.3 Å². The zero-order valence-electron chi connectivity index (χ0n) is 14.1. The first-order valence-corrected chi connectivity index (χ1v) is 8.15. The molecule has 0 aromatic heterocycles. The van der Waals surface area contributed by atoms with E-state index >= 15 is 0 Å². The van der Waals surface area contributed by atoms with Crippen LogP contribution in [0, 0.1) is 22.7 Å². The van der Waals surface area contributed by atoms with Crippen molar-refractivity contribution in [1.29, 1.82) is 0 Å². The van der Waals surface area contributed by atoms with Gasteiger partial charge in [0.2, 0.25) is 0 Å². The van der Waals surface area contributed by atoms with Gasteiger partial charge < -0.3 is 9.84 Å². The summed E-state index contributed by atoms with van der Waals surface area (Å²) >= 11 is 0. The lowest BCUT2D eigenvalue weighted by molar-refractivity contribution is -0.145. The molecule has 1 N–H and O–H groups in total. The van der Waals surface area contributed by atoms with E-state index in [1.807, 2.05) is 13.0 Å². The number of carbonyl (C=O) groups excluding carboxylic acids is 1. The van der Waals surface area contributed by atoms with Gasteiger partial charge in [0, 0.05) is 12.8 Å². The van der Waals surface area contributed by atoms with Crippen LogP contribution in [0.3, 0.4) is 0 Å². The normalized spacial score (nSPS) is 41.4. The third kappa shape index (κ3) is 3.03. The van der Waals surface area contributed by atoms with Crippen molar-refractivity contribution in [3.63, 3.8) is 0 Å². The van der Waals surface area contributed by atoms with Crippen molar-refractivity contribution < 1.29 is 14.6 Å². The second-order valence-corrected chi connectivity index (χ2v) is 8.09. The van der Waals surface area contributed by atoms with Crippen molar-refractivity contribution in [2.75, 3.05) is 6.61 Å². The lowest BCUT2D eigenvalue weighted by atomic mass is 9.47. The first-order chi connectivity index (χ1) is 9.59. The maximum absolute atomic E-state index is 11.0. The molecule has 0 saturated heterocycles. The molecule has 2 aliphatic carbocycles. The summed E-state index contributed by atoms with van der Waals surface area (Å²) in [7, 11) is 0. The average molecular weight is 294 g/mol. The van der Waals surface area contributed by atoms with E-state index in [1.165, 1.54) is 19.8 Å². The molecule has 0 heterocycles. The van der Waals surface area contributed by atoms with Crippen LogP contribution in [0.25, 0.3) is 0 Å². The van der Waals surface area contributed by atoms with Crippen molar-refractivity contribution in [3.8, 4) is 0 Å². The number of hydrogen-bond donors (Lipinski definition) is 1. The molecule has 0 radical (unpaired) electrons. The smallest absolute Gasteiger partial charge is 0.302 e. The molecule has 0 aliphatic heterocycles. The Balaban J connectivity index is 2.27. The van der Waals surface area contributed by atoms with E-state index in [4.69, 9.17) is 4.74 Å². The first-order valence-electron chi connectivity index (χ1n) is 8.15. The highest BCUT2D eigenvalue weighted by atomic mass is 16.5. The van der Waals surface area contributed by atoms with Crippen LogP contribution in [0.4, 0.5) is 0 Å². The molecule has 120 valence electrons. The summed E-state index contributed by atoms with van der Waals surface area (Å²) in [5.74, 6) is 0.354. The number of carbonyl (C=O) groups is 1. The van der Waals surface area contributed by atoms with Crippen LogP contribution in [0.5, 0.6) is 0 Å². The maximum Gasteiger partial charge on any atom is 0.302 e. The van der Waals surface area contributed by atoms with Crippen LogP contribution in [0.2, 0.25) is 0 Å². The molecule has 0 unspecified atom stereocenters. The highest BCUT2D eigenvalue weighted by molar-refractivity contribution is 5.65. The van der Waals surface area contributed by atoms with Crippen LogP contribution >= 0.6 is 0 Å². The number of aliphatic hydroxyl groups is 1. The molecule has 0 bridgehead atoms. The molecule has 1 saturated carbocycles. The van der Waals surface area contributed by atoms with Crippen molar-refractivity contribution in [1.82, 2.24) is 0 Å². The fourth-order valence-corrected chi connectivity index (χ4v) is 5.02. The minimum atomic E-state index is -0.821. The molecule has 3 heteroatoms. The van der Waals surface area contributed by atoms with E-state index in [0.29, 0.717) is 12.5 Å². The number of fused-ring (bicyclic) bond motifs is 1. The predicted molar refractivity (Wildman–Crippen MR) is 83.7 cm³/mol. The molecule has 2 aliphatic rings. The Bertz CT molecular complexity index is 436. The van der Waals surface area contributed by atoms with E-state index in [2.05, 4.69) is 26.8 Å². The Kier molecular flexibility index (Phi) is 4.27. The van der Waals surface area contributed by atoms with E-state index in [-0.39, 0.29) is 22.7 Å². The molecule has 4 atom stereocenters. The molecule has 0 amide bonds. The molecule has 3 nitrogen and oxygen atoms in total. The average Bonchev–Trinajstić information content (AvgIpc) is 2.31. The molecule has 21 heavy (non-hydrogen) atoms. The Morgan fingerprint density at radius 2 is 1.95 bits per heavy atom. The SMILES string of the molecule is CC(=O)OCC[C@@H]1[C@@]2(C)CCCC(C)(C)[C@H]2C=C[C@]1(C)O. The minimum absolute atomic E-state index is 0.0696. The summed E-state index contributed by atoms with van der Waals surface area (Å²) in [5.41, 5.74) is -0.487. The lowest BCUT2D eigenvalue weighted by Crippen LogP contribution is -2.55. The minimum Gasteiger partial charge on any atom is -0.466 e. The number of hydrogen-bond acceptors (Lipinski definition) is 3. The van der Waals surface area contributed by atoms with E-state index in [0.717, 1.165) is 12.8 Å². The van der Waals surface area contributed by atoms with Gasteiger partial charge in [0.15, 0.2) is 0 Å². The summed E-state index contributed by atoms with van der Waals surface area (Å²) in [5, 5.41) is 10.8. The fourth-order valence-electron chi connectivity index (χ4n) is 5.02. The van der Waals surface area contributed by atoms with Gasteiger partial charge in [0.1, 0.15) is 0 Å². The molecule has 0 aromatic carbocycles. The molecular formula is C18H30O3. The van der Waals surface area contributed by atoms with Gasteiger partial charge in [-0.3, -0.25) is 4.79 Å². The van der Waals surface area contributed by atoms with Gasteiger partial charge in [0.05, 0.1) is 12.2 Å². The van der Waals surface area contributed by atoms with Gasteiger partial charge in [0.25, 0.3) is 0 Å². The van der Waals surface area contributed by atoms with Gasteiger partial charge >= 0.3 is 5.97 Å². The fraction of sp³-hybridized carbons (Fsp3) is 0.833. The summed E-state index contributed by atoms with van der Waals surface area (Å²) in [6.07, 6.45) is 8.50. The Morgan fingerprint density at radius 1 is 1.29 bits per heavy atom. The molecule has 0 aromatic rings. The van der Waals surface area contributed by atoms with Crippen LogP contribution in [0.15, 0.2) is 12.2 Å². The monoisotopic (exact) mass is 294 g/mol. The molecule has 2 rings (SSSR count). The Hall–Kier alpha value is -0.830. The van der Waals surface area contributed by atoms with Gasteiger partial charge in [-0.2, -0.15) is 0 Å². The molecular weight excluding hydrogens is 264 g/mol. The molecule has 0 spiro atoms. The number of allylic oxidation sites excluding steroid dienone is 1. The van der Waals surface area contributed by atoms with E-state index in [9.17, 15) is 9.90 Å². The van der Waals surface area contributed by atoms with Crippen LogP contribution < -0.4 is 0 Å². The van der Waals surface area contributed by atoms with E-state index < -0.39 is 5.60 Å². The Morgan fingerprint density at radius 3 is 2.57 bits per heavy atom. The summed E-state index contributed by atoms with van der Waals surface area (Å²) < 4.78 is 5.14. The van der Waals surface area contributed by atoms with Crippen molar-refractivity contribution in [3.05, 3.63) is 12.2 Å².